The summed E-state index contributed by atoms with van der Waals surface area (Å²) in [5.74, 6) is -0.0927. The molecule has 1 fully saturated rings. The lowest BCUT2D eigenvalue weighted by molar-refractivity contribution is -0.122. The van der Waals surface area contributed by atoms with Crippen LogP contribution in [0.3, 0.4) is 0 Å². The second-order valence-electron chi connectivity index (χ2n) is 6.27. The van der Waals surface area contributed by atoms with Crippen molar-refractivity contribution >= 4 is 5.91 Å². The van der Waals surface area contributed by atoms with Crippen LogP contribution in [0.2, 0.25) is 0 Å². The van der Waals surface area contributed by atoms with E-state index >= 15 is 0 Å². The maximum absolute atomic E-state index is 12.1. The molecule has 3 nitrogen and oxygen atoms in total. The van der Waals surface area contributed by atoms with Crippen LogP contribution in [0.1, 0.15) is 39.3 Å². The zero-order chi connectivity index (χ0) is 13.6. The maximum atomic E-state index is 12.1. The number of carbonyl (C=O) groups is 1. The van der Waals surface area contributed by atoms with Gasteiger partial charge in [-0.05, 0) is 16.4 Å². The van der Waals surface area contributed by atoms with Crippen molar-refractivity contribution in [2.24, 2.45) is 16.6 Å². The highest BCUT2D eigenvalue weighted by molar-refractivity contribution is 5.83. The summed E-state index contributed by atoms with van der Waals surface area (Å²) < 4.78 is 0. The van der Waals surface area contributed by atoms with Crippen molar-refractivity contribution in [3.63, 3.8) is 0 Å². The summed E-state index contributed by atoms with van der Waals surface area (Å²) in [4.78, 5) is 12.1. The Kier molecular flexibility index (Phi) is 2.98. The van der Waals surface area contributed by atoms with Crippen molar-refractivity contribution < 1.29 is 4.79 Å². The van der Waals surface area contributed by atoms with Crippen LogP contribution in [0.5, 0.6) is 0 Å². The molecule has 98 valence electrons. The van der Waals surface area contributed by atoms with Gasteiger partial charge in [0.1, 0.15) is 6.04 Å². The van der Waals surface area contributed by atoms with Crippen LogP contribution in [-0.4, -0.2) is 11.9 Å². The first-order chi connectivity index (χ1) is 8.28. The smallest absolute Gasteiger partial charge is 0.241 e. The molecule has 1 aromatic rings. The SMILES string of the molecule is CC1(C)C(NC(=O)[C@H](N)c2ccccc2)C1(C)C. The molecule has 3 N–H and O–H groups in total. The zero-order valence-electron chi connectivity index (χ0n) is 11.5. The normalized spacial score (nSPS) is 22.3. The molecule has 1 amide bonds. The number of nitrogens with one attached hydrogen (secondary N) is 1. The summed E-state index contributed by atoms with van der Waals surface area (Å²) in [6.45, 7) is 8.69. The predicted molar refractivity (Wildman–Crippen MR) is 72.9 cm³/mol. The maximum Gasteiger partial charge on any atom is 0.241 e. The van der Waals surface area contributed by atoms with E-state index in [1.54, 1.807) is 0 Å². The van der Waals surface area contributed by atoms with Crippen molar-refractivity contribution in [1.29, 1.82) is 0 Å². The summed E-state index contributed by atoms with van der Waals surface area (Å²) in [6, 6.07) is 9.09. The summed E-state index contributed by atoms with van der Waals surface area (Å²) in [6.07, 6.45) is 0. The second kappa shape index (κ2) is 4.09. The molecule has 0 aromatic heterocycles. The molecule has 0 bridgehead atoms. The minimum absolute atomic E-state index is 0.0927. The molecular weight excluding hydrogens is 224 g/mol. The van der Waals surface area contributed by atoms with Crippen molar-refractivity contribution in [1.82, 2.24) is 5.32 Å². The van der Waals surface area contributed by atoms with Crippen LogP contribution in [0.25, 0.3) is 0 Å². The van der Waals surface area contributed by atoms with E-state index in [0.29, 0.717) is 0 Å². The average molecular weight is 246 g/mol. The molecule has 0 aliphatic heterocycles. The number of nitrogens with two attached hydrogens (primary N) is 1. The fourth-order valence-electron chi connectivity index (χ4n) is 2.60. The molecule has 1 atom stereocenters. The molecule has 3 heteroatoms. The highest BCUT2D eigenvalue weighted by Gasteiger charge is 2.65. The molecule has 1 aromatic carbocycles. The summed E-state index contributed by atoms with van der Waals surface area (Å²) in [7, 11) is 0. The molecule has 0 heterocycles. The second-order valence-corrected chi connectivity index (χ2v) is 6.27. The number of hydrogen-bond donors (Lipinski definition) is 2. The largest absolute Gasteiger partial charge is 0.351 e. The molecule has 0 radical (unpaired) electrons. The lowest BCUT2D eigenvalue weighted by Gasteiger charge is -2.13. The lowest BCUT2D eigenvalue weighted by Crippen LogP contribution is -2.37. The Morgan fingerprint density at radius 1 is 1.17 bits per heavy atom. The lowest BCUT2D eigenvalue weighted by atomic mass is 10.0. The van der Waals surface area contributed by atoms with Crippen LogP contribution in [0.4, 0.5) is 0 Å². The van der Waals surface area contributed by atoms with Crippen LogP contribution in [-0.2, 0) is 4.79 Å². The third kappa shape index (κ3) is 1.93. The minimum Gasteiger partial charge on any atom is -0.351 e. The summed E-state index contributed by atoms with van der Waals surface area (Å²) in [5.41, 5.74) is 7.11. The predicted octanol–water partition coefficient (Wildman–Crippen LogP) is 2.24. The van der Waals surface area contributed by atoms with E-state index in [1.807, 2.05) is 30.3 Å². The Morgan fingerprint density at radius 2 is 1.67 bits per heavy atom. The van der Waals surface area contributed by atoms with E-state index in [2.05, 4.69) is 33.0 Å². The fraction of sp³-hybridized carbons (Fsp3) is 0.533. The highest BCUT2D eigenvalue weighted by atomic mass is 16.2. The molecule has 2 rings (SSSR count). The molecule has 0 spiro atoms. The monoisotopic (exact) mass is 246 g/mol. The third-order valence-corrected chi connectivity index (χ3v) is 4.75. The molecular formula is C15H22N2O. The van der Waals surface area contributed by atoms with Crippen molar-refractivity contribution in [3.05, 3.63) is 35.9 Å². The van der Waals surface area contributed by atoms with Crippen molar-refractivity contribution in [3.8, 4) is 0 Å². The highest BCUT2D eigenvalue weighted by Crippen LogP contribution is 2.62. The average Bonchev–Trinajstić information content (AvgIpc) is 2.72. The van der Waals surface area contributed by atoms with Gasteiger partial charge in [0.15, 0.2) is 0 Å². The van der Waals surface area contributed by atoms with Crippen molar-refractivity contribution in [2.45, 2.75) is 39.8 Å². The van der Waals surface area contributed by atoms with E-state index < -0.39 is 6.04 Å². The molecule has 1 aliphatic rings. The Balaban J connectivity index is 2.03. The van der Waals surface area contributed by atoms with Crippen LogP contribution in [0.15, 0.2) is 30.3 Å². The van der Waals surface area contributed by atoms with E-state index in [4.69, 9.17) is 5.73 Å². The van der Waals surface area contributed by atoms with Gasteiger partial charge in [-0.15, -0.1) is 0 Å². The van der Waals surface area contributed by atoms with Gasteiger partial charge in [0.25, 0.3) is 0 Å². The summed E-state index contributed by atoms with van der Waals surface area (Å²) >= 11 is 0. The Bertz CT molecular complexity index is 437. The first kappa shape index (κ1) is 13.1. The molecule has 0 unspecified atom stereocenters. The molecule has 1 aliphatic carbocycles. The van der Waals surface area contributed by atoms with Gasteiger partial charge in [0.05, 0.1) is 0 Å². The van der Waals surface area contributed by atoms with E-state index in [-0.39, 0.29) is 22.8 Å². The molecule has 1 saturated carbocycles. The van der Waals surface area contributed by atoms with E-state index in [0.717, 1.165) is 5.56 Å². The first-order valence-corrected chi connectivity index (χ1v) is 6.39. The molecule has 0 saturated heterocycles. The first-order valence-electron chi connectivity index (χ1n) is 6.39. The number of carbonyl (C=O) groups excluding carboxylic acids is 1. The van der Waals surface area contributed by atoms with Gasteiger partial charge in [-0.25, -0.2) is 0 Å². The van der Waals surface area contributed by atoms with Crippen molar-refractivity contribution in [2.75, 3.05) is 0 Å². The van der Waals surface area contributed by atoms with Gasteiger partial charge in [0, 0.05) is 6.04 Å². The summed E-state index contributed by atoms with van der Waals surface area (Å²) in [5, 5.41) is 3.07. The Labute approximate surface area is 109 Å². The van der Waals surface area contributed by atoms with Gasteiger partial charge in [-0.2, -0.15) is 0 Å². The van der Waals surface area contributed by atoms with E-state index in [1.165, 1.54) is 0 Å². The zero-order valence-corrected chi connectivity index (χ0v) is 11.5. The number of rotatable bonds is 3. The van der Waals surface area contributed by atoms with Crippen LogP contribution < -0.4 is 11.1 Å². The van der Waals surface area contributed by atoms with Gasteiger partial charge >= 0.3 is 0 Å². The third-order valence-electron chi connectivity index (χ3n) is 4.75. The van der Waals surface area contributed by atoms with Crippen LogP contribution in [0, 0.1) is 10.8 Å². The van der Waals surface area contributed by atoms with Gasteiger partial charge in [-0.3, -0.25) is 4.79 Å². The Hall–Kier alpha value is -1.35. The Morgan fingerprint density at radius 3 is 2.11 bits per heavy atom. The number of amides is 1. The number of benzene rings is 1. The van der Waals surface area contributed by atoms with Gasteiger partial charge in [0.2, 0.25) is 5.91 Å². The standard InChI is InChI=1S/C15H22N2O/c1-14(2)13(15(14,3)4)17-12(18)11(16)10-8-6-5-7-9-10/h5-9,11,13H,16H2,1-4H3,(H,17,18)/t11-/m1/s1. The van der Waals surface area contributed by atoms with Gasteiger partial charge < -0.3 is 11.1 Å². The topological polar surface area (TPSA) is 55.1 Å². The molecule has 18 heavy (non-hydrogen) atoms. The van der Waals surface area contributed by atoms with Crippen LogP contribution >= 0.6 is 0 Å². The van der Waals surface area contributed by atoms with Gasteiger partial charge in [-0.1, -0.05) is 58.0 Å². The minimum atomic E-state index is -0.585. The fourth-order valence-corrected chi connectivity index (χ4v) is 2.60. The quantitative estimate of drug-likeness (QED) is 0.859. The number of hydrogen-bond acceptors (Lipinski definition) is 2. The van der Waals surface area contributed by atoms with E-state index in [9.17, 15) is 4.79 Å².